The Labute approximate surface area is 162 Å². The van der Waals surface area contributed by atoms with Crippen LogP contribution in [0.4, 0.5) is 0 Å². The summed E-state index contributed by atoms with van der Waals surface area (Å²) in [7, 11) is 0. The molecule has 0 aliphatic carbocycles. The molecule has 134 valence electrons. The summed E-state index contributed by atoms with van der Waals surface area (Å²) in [5.74, 6) is 0.653. The standard InChI is InChI=1S/C20H21N3OS2/c1-13-19(15-7-9-23(13)10-8-15)22-20(24)17-5-6-18(26-17)25-16-4-2-3-14(11-16)12-21/h2-6,11,13,15,19H,7-10H2,1H3,(H,22,24)/t13-,19-/m0/s1. The zero-order chi connectivity index (χ0) is 18.1. The molecule has 26 heavy (non-hydrogen) atoms. The van der Waals surface area contributed by atoms with Crippen LogP contribution >= 0.6 is 23.1 Å². The average Bonchev–Trinajstić information content (AvgIpc) is 3.13. The van der Waals surface area contributed by atoms with E-state index in [0.717, 1.165) is 14.0 Å². The third-order valence-corrected chi connectivity index (χ3v) is 7.67. The Morgan fingerprint density at radius 3 is 2.85 bits per heavy atom. The van der Waals surface area contributed by atoms with E-state index in [2.05, 4.69) is 23.2 Å². The zero-order valence-corrected chi connectivity index (χ0v) is 16.3. The van der Waals surface area contributed by atoms with Crippen molar-refractivity contribution in [2.24, 2.45) is 5.92 Å². The largest absolute Gasteiger partial charge is 0.347 e. The Balaban J connectivity index is 1.42. The van der Waals surface area contributed by atoms with Crippen LogP contribution in [-0.4, -0.2) is 36.0 Å². The minimum Gasteiger partial charge on any atom is -0.347 e. The third kappa shape index (κ3) is 3.52. The molecule has 4 nitrogen and oxygen atoms in total. The van der Waals surface area contributed by atoms with Gasteiger partial charge in [0.25, 0.3) is 5.91 Å². The van der Waals surface area contributed by atoms with Crippen molar-refractivity contribution in [1.82, 2.24) is 10.2 Å². The minimum absolute atomic E-state index is 0.0400. The lowest BCUT2D eigenvalue weighted by molar-refractivity contribution is 0.0218. The summed E-state index contributed by atoms with van der Waals surface area (Å²) in [4.78, 5) is 17.0. The van der Waals surface area contributed by atoms with Gasteiger partial charge in [0.15, 0.2) is 0 Å². The Kier molecular flexibility index (Phi) is 5.03. The number of benzene rings is 1. The second-order valence-corrected chi connectivity index (χ2v) is 9.43. The number of nitrogens with zero attached hydrogens (tertiary/aromatic N) is 2. The van der Waals surface area contributed by atoms with Crippen molar-refractivity contribution in [3.8, 4) is 6.07 Å². The van der Waals surface area contributed by atoms with Crippen LogP contribution in [0.15, 0.2) is 45.5 Å². The summed E-state index contributed by atoms with van der Waals surface area (Å²) in [6, 6.07) is 14.3. The molecular weight excluding hydrogens is 362 g/mol. The van der Waals surface area contributed by atoms with E-state index >= 15 is 0 Å². The zero-order valence-electron chi connectivity index (χ0n) is 14.6. The molecule has 2 atom stereocenters. The number of thiophene rings is 1. The fraction of sp³-hybridized carbons (Fsp3) is 0.400. The van der Waals surface area contributed by atoms with Crippen LogP contribution in [0.2, 0.25) is 0 Å². The second kappa shape index (κ2) is 7.43. The maximum absolute atomic E-state index is 12.7. The van der Waals surface area contributed by atoms with Crippen LogP contribution in [-0.2, 0) is 0 Å². The second-order valence-electron chi connectivity index (χ2n) is 6.97. The van der Waals surface area contributed by atoms with E-state index in [1.165, 1.54) is 37.3 Å². The number of nitrogens with one attached hydrogen (secondary N) is 1. The molecule has 2 bridgehead atoms. The topological polar surface area (TPSA) is 56.1 Å². The van der Waals surface area contributed by atoms with Gasteiger partial charge in [-0.2, -0.15) is 5.26 Å². The summed E-state index contributed by atoms with van der Waals surface area (Å²) >= 11 is 3.11. The van der Waals surface area contributed by atoms with E-state index in [1.807, 2.05) is 30.3 Å². The number of fused-ring (bicyclic) bond motifs is 3. The Bertz CT molecular complexity index is 847. The van der Waals surface area contributed by atoms with Gasteiger partial charge in [-0.3, -0.25) is 9.69 Å². The number of amides is 1. The molecule has 3 saturated heterocycles. The first-order valence-electron chi connectivity index (χ1n) is 8.97. The molecule has 1 N–H and O–H groups in total. The maximum atomic E-state index is 12.7. The molecule has 0 saturated carbocycles. The van der Waals surface area contributed by atoms with Crippen LogP contribution < -0.4 is 5.32 Å². The number of piperidine rings is 3. The highest BCUT2D eigenvalue weighted by Gasteiger charge is 2.40. The van der Waals surface area contributed by atoms with E-state index in [9.17, 15) is 4.79 Å². The molecule has 0 spiro atoms. The van der Waals surface area contributed by atoms with Crippen LogP contribution in [0.3, 0.4) is 0 Å². The molecule has 1 aromatic heterocycles. The van der Waals surface area contributed by atoms with E-state index in [0.29, 0.717) is 17.5 Å². The number of hydrogen-bond donors (Lipinski definition) is 1. The summed E-state index contributed by atoms with van der Waals surface area (Å²) in [6.07, 6.45) is 2.38. The molecule has 3 aliphatic rings. The third-order valence-electron chi connectivity index (χ3n) is 5.46. The lowest BCUT2D eigenvalue weighted by Crippen LogP contribution is -2.62. The van der Waals surface area contributed by atoms with E-state index < -0.39 is 0 Å². The predicted octanol–water partition coefficient (Wildman–Crippen LogP) is 3.98. The summed E-state index contributed by atoms with van der Waals surface area (Å²) in [5, 5.41) is 12.3. The van der Waals surface area contributed by atoms with Gasteiger partial charge in [-0.15, -0.1) is 11.3 Å². The molecule has 0 radical (unpaired) electrons. The van der Waals surface area contributed by atoms with Crippen LogP contribution in [0, 0.1) is 17.2 Å². The molecule has 2 aromatic rings. The Morgan fingerprint density at radius 2 is 2.12 bits per heavy atom. The number of nitriles is 1. The molecule has 3 fully saturated rings. The molecule has 1 aromatic carbocycles. The monoisotopic (exact) mass is 383 g/mol. The van der Waals surface area contributed by atoms with Gasteiger partial charge in [-0.05, 0) is 69.1 Å². The van der Waals surface area contributed by atoms with E-state index in [1.54, 1.807) is 17.8 Å². The van der Waals surface area contributed by atoms with Crippen molar-refractivity contribution in [3.63, 3.8) is 0 Å². The first-order valence-corrected chi connectivity index (χ1v) is 10.6. The van der Waals surface area contributed by atoms with Crippen LogP contribution in [0.1, 0.15) is 35.0 Å². The fourth-order valence-corrected chi connectivity index (χ4v) is 6.08. The SMILES string of the molecule is C[C@H]1[C@H](NC(=O)c2ccc(Sc3cccc(C#N)c3)s2)C2CCN1CC2. The van der Waals surface area contributed by atoms with Crippen molar-refractivity contribution >= 4 is 29.0 Å². The molecule has 4 heterocycles. The molecule has 5 rings (SSSR count). The van der Waals surface area contributed by atoms with Gasteiger partial charge in [0.05, 0.1) is 20.7 Å². The van der Waals surface area contributed by atoms with Crippen molar-refractivity contribution in [3.05, 3.63) is 46.8 Å². The molecule has 3 aliphatic heterocycles. The first kappa shape index (κ1) is 17.6. The quantitative estimate of drug-likeness (QED) is 0.867. The summed E-state index contributed by atoms with van der Waals surface area (Å²) < 4.78 is 1.06. The number of carbonyl (C=O) groups is 1. The van der Waals surface area contributed by atoms with Gasteiger partial charge < -0.3 is 5.32 Å². The van der Waals surface area contributed by atoms with Crippen LogP contribution in [0.25, 0.3) is 0 Å². The number of rotatable bonds is 4. The highest BCUT2D eigenvalue weighted by molar-refractivity contribution is 8.01. The van der Waals surface area contributed by atoms with E-state index in [4.69, 9.17) is 5.26 Å². The average molecular weight is 384 g/mol. The Morgan fingerprint density at radius 1 is 1.31 bits per heavy atom. The first-order chi connectivity index (χ1) is 12.6. The minimum atomic E-state index is 0.0400. The van der Waals surface area contributed by atoms with Gasteiger partial charge in [-0.1, -0.05) is 17.8 Å². The van der Waals surface area contributed by atoms with Gasteiger partial charge in [0.2, 0.25) is 0 Å². The van der Waals surface area contributed by atoms with Crippen LogP contribution in [0.5, 0.6) is 0 Å². The molecular formula is C20H21N3OS2. The van der Waals surface area contributed by atoms with Crippen molar-refractivity contribution < 1.29 is 4.79 Å². The van der Waals surface area contributed by atoms with E-state index in [-0.39, 0.29) is 11.9 Å². The summed E-state index contributed by atoms with van der Waals surface area (Å²) in [5.41, 5.74) is 0.654. The normalized spacial score (nSPS) is 27.1. The van der Waals surface area contributed by atoms with Gasteiger partial charge >= 0.3 is 0 Å². The highest BCUT2D eigenvalue weighted by Crippen LogP contribution is 2.35. The van der Waals surface area contributed by atoms with Gasteiger partial charge in [0.1, 0.15) is 0 Å². The van der Waals surface area contributed by atoms with Gasteiger partial charge in [-0.25, -0.2) is 0 Å². The highest BCUT2D eigenvalue weighted by atomic mass is 32.2. The summed E-state index contributed by atoms with van der Waals surface area (Å²) in [6.45, 7) is 4.56. The lowest BCUT2D eigenvalue weighted by atomic mass is 9.79. The van der Waals surface area contributed by atoms with Crippen molar-refractivity contribution in [2.45, 2.75) is 41.0 Å². The molecule has 6 heteroatoms. The smallest absolute Gasteiger partial charge is 0.261 e. The predicted molar refractivity (Wildman–Crippen MR) is 105 cm³/mol. The molecule has 1 amide bonds. The molecule has 0 unspecified atom stereocenters. The maximum Gasteiger partial charge on any atom is 0.261 e. The lowest BCUT2D eigenvalue weighted by Gasteiger charge is -2.49. The van der Waals surface area contributed by atoms with Crippen molar-refractivity contribution in [2.75, 3.05) is 13.1 Å². The number of hydrogen-bond acceptors (Lipinski definition) is 5. The van der Waals surface area contributed by atoms with Crippen molar-refractivity contribution in [1.29, 1.82) is 5.26 Å². The fourth-order valence-electron chi connectivity index (χ4n) is 4.01. The Hall–Kier alpha value is -1.81. The van der Waals surface area contributed by atoms with Gasteiger partial charge in [0, 0.05) is 17.0 Å². The number of carbonyl (C=O) groups excluding carboxylic acids is 1.